The molecule has 2 N–H and O–H groups in total. The Hall–Kier alpha value is -2.78. The number of carbonyl (C=O) groups is 2. The van der Waals surface area contributed by atoms with E-state index in [0.29, 0.717) is 33.1 Å². The highest BCUT2D eigenvalue weighted by molar-refractivity contribution is 7.18. The van der Waals surface area contributed by atoms with E-state index < -0.39 is 17.8 Å². The monoisotopic (exact) mass is 476 g/mol. The molecule has 1 atom stereocenters. The molecule has 7 nitrogen and oxygen atoms in total. The molecule has 1 aliphatic carbocycles. The van der Waals surface area contributed by atoms with Gasteiger partial charge in [-0.15, -0.1) is 11.3 Å². The predicted octanol–water partition coefficient (Wildman–Crippen LogP) is 5.49. The Kier molecular flexibility index (Phi) is 6.30. The maximum Gasteiger partial charge on any atom is 0.262 e. The molecule has 0 bridgehead atoms. The van der Waals surface area contributed by atoms with Crippen molar-refractivity contribution in [2.75, 3.05) is 5.32 Å². The zero-order chi connectivity index (χ0) is 23.0. The smallest absolute Gasteiger partial charge is 0.262 e. The molecule has 1 fully saturated rings. The first-order valence-corrected chi connectivity index (χ1v) is 11.4. The zero-order valence-corrected chi connectivity index (χ0v) is 19.3. The summed E-state index contributed by atoms with van der Waals surface area (Å²) in [6.07, 6.45) is 2.12. The van der Waals surface area contributed by atoms with Crippen molar-refractivity contribution < 1.29 is 18.5 Å². The normalized spacial score (nSPS) is 14.4. The average molecular weight is 477 g/mol. The van der Waals surface area contributed by atoms with Crippen LogP contribution in [0, 0.1) is 18.7 Å². The first kappa shape index (κ1) is 22.4. The van der Waals surface area contributed by atoms with E-state index in [-0.39, 0.29) is 22.4 Å². The van der Waals surface area contributed by atoms with Crippen LogP contribution in [0.2, 0.25) is 5.02 Å². The average Bonchev–Trinajstić information content (AvgIpc) is 3.34. The second kappa shape index (κ2) is 8.99. The van der Waals surface area contributed by atoms with Crippen LogP contribution in [-0.2, 0) is 0 Å². The van der Waals surface area contributed by atoms with E-state index in [0.717, 1.165) is 36.3 Å². The number of nitrogens with one attached hydrogen (secondary N) is 2. The molecule has 1 aliphatic rings. The number of aromatic nitrogens is 2. The van der Waals surface area contributed by atoms with Crippen LogP contribution in [0.5, 0.6) is 0 Å². The van der Waals surface area contributed by atoms with E-state index >= 15 is 0 Å². The lowest BCUT2D eigenvalue weighted by molar-refractivity contribution is 0.0917. The molecule has 10 heteroatoms. The number of aryl methyl sites for hydroxylation is 1. The third-order valence-corrected chi connectivity index (χ3v) is 6.62. The minimum atomic E-state index is -0.525. The molecule has 168 valence electrons. The van der Waals surface area contributed by atoms with E-state index in [1.807, 2.05) is 13.8 Å². The number of benzene rings is 1. The van der Waals surface area contributed by atoms with Crippen molar-refractivity contribution in [3.05, 3.63) is 62.8 Å². The highest BCUT2D eigenvalue weighted by atomic mass is 35.5. The van der Waals surface area contributed by atoms with Gasteiger partial charge in [-0.25, -0.2) is 4.39 Å². The predicted molar refractivity (Wildman–Crippen MR) is 120 cm³/mol. The maximum absolute atomic E-state index is 13.2. The van der Waals surface area contributed by atoms with Crippen LogP contribution in [0.3, 0.4) is 0 Å². The standard InChI is InChI=1S/C22H22ClFN4O3S/c1-10(2)17(22-27-19(28-31-22)12-4-5-12)26-21(30)18-11(3)8-16(32-18)25-20(29)14-7-6-13(24)9-15(14)23/h6-10,12,17H,4-5H2,1-3H3,(H,25,29)(H,26,30). The van der Waals surface area contributed by atoms with E-state index in [1.165, 1.54) is 6.07 Å². The molecule has 32 heavy (non-hydrogen) atoms. The van der Waals surface area contributed by atoms with E-state index in [4.69, 9.17) is 16.1 Å². The number of nitrogens with zero attached hydrogens (tertiary/aromatic N) is 2. The van der Waals surface area contributed by atoms with Gasteiger partial charge in [0.1, 0.15) is 11.9 Å². The number of thiophene rings is 1. The molecule has 3 aromatic rings. The molecule has 0 aliphatic heterocycles. The largest absolute Gasteiger partial charge is 0.339 e. The lowest BCUT2D eigenvalue weighted by Crippen LogP contribution is -2.31. The maximum atomic E-state index is 13.2. The number of halogens is 2. The molecule has 2 aromatic heterocycles. The van der Waals surface area contributed by atoms with Crippen molar-refractivity contribution >= 4 is 39.8 Å². The molecule has 2 amide bonds. The fourth-order valence-electron chi connectivity index (χ4n) is 3.22. The summed E-state index contributed by atoms with van der Waals surface area (Å²) in [6.45, 7) is 5.71. The van der Waals surface area contributed by atoms with Crippen molar-refractivity contribution in [2.24, 2.45) is 5.92 Å². The van der Waals surface area contributed by atoms with Gasteiger partial charge < -0.3 is 15.2 Å². The van der Waals surface area contributed by atoms with Crippen LogP contribution in [-0.4, -0.2) is 22.0 Å². The molecule has 1 aromatic carbocycles. The molecule has 0 radical (unpaired) electrons. The fourth-order valence-corrected chi connectivity index (χ4v) is 4.45. The zero-order valence-electron chi connectivity index (χ0n) is 17.7. The third-order valence-electron chi connectivity index (χ3n) is 5.16. The molecule has 4 rings (SSSR count). The number of hydrogen-bond donors (Lipinski definition) is 2. The van der Waals surface area contributed by atoms with Crippen molar-refractivity contribution in [3.63, 3.8) is 0 Å². The highest BCUT2D eigenvalue weighted by Crippen LogP contribution is 2.39. The second-order valence-electron chi connectivity index (χ2n) is 8.16. The lowest BCUT2D eigenvalue weighted by Gasteiger charge is -2.18. The summed E-state index contributed by atoms with van der Waals surface area (Å²) in [4.78, 5) is 30.4. The van der Waals surface area contributed by atoms with Gasteiger partial charge in [-0.05, 0) is 55.5 Å². The van der Waals surface area contributed by atoms with E-state index in [9.17, 15) is 14.0 Å². The lowest BCUT2D eigenvalue weighted by atomic mass is 10.0. The van der Waals surface area contributed by atoms with Crippen LogP contribution in [0.15, 0.2) is 28.8 Å². The molecule has 0 saturated heterocycles. The molecule has 1 unspecified atom stereocenters. The summed E-state index contributed by atoms with van der Waals surface area (Å²) in [6, 6.07) is 4.83. The summed E-state index contributed by atoms with van der Waals surface area (Å²) < 4.78 is 18.7. The summed E-state index contributed by atoms with van der Waals surface area (Å²) in [5.41, 5.74) is 0.854. The summed E-state index contributed by atoms with van der Waals surface area (Å²) in [7, 11) is 0. The molecular weight excluding hydrogens is 455 g/mol. The fraction of sp³-hybridized carbons (Fsp3) is 0.364. The van der Waals surface area contributed by atoms with Gasteiger partial charge in [0, 0.05) is 5.92 Å². The molecule has 2 heterocycles. The van der Waals surface area contributed by atoms with Gasteiger partial charge in [0.05, 0.1) is 20.5 Å². The van der Waals surface area contributed by atoms with Gasteiger partial charge in [0.2, 0.25) is 5.89 Å². The quantitative estimate of drug-likeness (QED) is 0.470. The number of anilines is 1. The summed E-state index contributed by atoms with van der Waals surface area (Å²) in [5.74, 6) is 0.172. The van der Waals surface area contributed by atoms with Gasteiger partial charge in [-0.3, -0.25) is 9.59 Å². The number of rotatable bonds is 7. The van der Waals surface area contributed by atoms with Gasteiger partial charge >= 0.3 is 0 Å². The van der Waals surface area contributed by atoms with E-state index in [1.54, 1.807) is 13.0 Å². The van der Waals surface area contributed by atoms with Gasteiger partial charge in [-0.1, -0.05) is 30.6 Å². The molecule has 1 saturated carbocycles. The van der Waals surface area contributed by atoms with Crippen molar-refractivity contribution in [1.82, 2.24) is 15.5 Å². The van der Waals surface area contributed by atoms with Crippen LogP contribution in [0.25, 0.3) is 0 Å². The van der Waals surface area contributed by atoms with Gasteiger partial charge in [-0.2, -0.15) is 4.98 Å². The second-order valence-corrected chi connectivity index (χ2v) is 9.62. The Bertz CT molecular complexity index is 1170. The first-order chi connectivity index (χ1) is 15.2. The Labute approximate surface area is 193 Å². The Morgan fingerprint density at radius 1 is 1.25 bits per heavy atom. The summed E-state index contributed by atoms with van der Waals surface area (Å²) in [5, 5.41) is 10.2. The Morgan fingerprint density at radius 2 is 2.00 bits per heavy atom. The van der Waals surface area contributed by atoms with Gasteiger partial charge in [0.25, 0.3) is 11.8 Å². The SMILES string of the molecule is Cc1cc(NC(=O)c2ccc(F)cc2Cl)sc1C(=O)NC(c1nc(C2CC2)no1)C(C)C. The highest BCUT2D eigenvalue weighted by Gasteiger charge is 2.32. The van der Waals surface area contributed by atoms with Crippen LogP contribution < -0.4 is 10.6 Å². The first-order valence-electron chi connectivity index (χ1n) is 10.2. The van der Waals surface area contributed by atoms with Crippen LogP contribution in [0.1, 0.15) is 76.0 Å². The number of hydrogen-bond acceptors (Lipinski definition) is 6. The summed E-state index contributed by atoms with van der Waals surface area (Å²) >= 11 is 7.11. The van der Waals surface area contributed by atoms with E-state index in [2.05, 4.69) is 20.8 Å². The van der Waals surface area contributed by atoms with Gasteiger partial charge in [0.15, 0.2) is 5.82 Å². The van der Waals surface area contributed by atoms with Crippen molar-refractivity contribution in [1.29, 1.82) is 0 Å². The topological polar surface area (TPSA) is 97.1 Å². The molecule has 0 spiro atoms. The Morgan fingerprint density at radius 3 is 2.66 bits per heavy atom. The van der Waals surface area contributed by atoms with Crippen LogP contribution >= 0.6 is 22.9 Å². The number of carbonyl (C=O) groups excluding carboxylic acids is 2. The minimum Gasteiger partial charge on any atom is -0.339 e. The number of amides is 2. The Balaban J connectivity index is 1.48. The third kappa shape index (κ3) is 4.83. The minimum absolute atomic E-state index is 0.0126. The molecular formula is C22H22ClFN4O3S. The van der Waals surface area contributed by atoms with Crippen molar-refractivity contribution in [3.8, 4) is 0 Å². The van der Waals surface area contributed by atoms with Crippen LogP contribution in [0.4, 0.5) is 9.39 Å². The van der Waals surface area contributed by atoms with Crippen molar-refractivity contribution in [2.45, 2.75) is 45.6 Å².